The minimum atomic E-state index is -0.0592. The number of carbonyl (C=O) groups is 1. The Labute approximate surface area is 152 Å². The molecule has 1 aliphatic carbocycles. The molecule has 0 heterocycles. The molecule has 6 heteroatoms. The lowest BCUT2D eigenvalue weighted by atomic mass is 10.1. The zero-order chi connectivity index (χ0) is 17.2. The average molecular weight is 395 g/mol. The molecular formula is C18H27BrN4O. The van der Waals surface area contributed by atoms with Gasteiger partial charge in [-0.05, 0) is 43.5 Å². The van der Waals surface area contributed by atoms with Gasteiger partial charge in [-0.25, -0.2) is 0 Å². The third-order valence-corrected chi connectivity index (χ3v) is 4.74. The molecule has 0 atom stereocenters. The SMILES string of the molecule is NC(=NCCCNC(=O)c1ccc(Br)cc1)NC1CCCCCC1. The molecule has 0 spiro atoms. The Morgan fingerprint density at radius 2 is 1.83 bits per heavy atom. The third kappa shape index (κ3) is 6.91. The average Bonchev–Trinajstić information content (AvgIpc) is 2.83. The monoisotopic (exact) mass is 394 g/mol. The minimum Gasteiger partial charge on any atom is -0.370 e. The Morgan fingerprint density at radius 1 is 1.17 bits per heavy atom. The molecule has 1 aliphatic rings. The topological polar surface area (TPSA) is 79.5 Å². The number of guanidine groups is 1. The van der Waals surface area contributed by atoms with Gasteiger partial charge in [-0.3, -0.25) is 9.79 Å². The number of halogens is 1. The lowest BCUT2D eigenvalue weighted by molar-refractivity contribution is 0.0953. The highest BCUT2D eigenvalue weighted by molar-refractivity contribution is 9.10. The Hall–Kier alpha value is -1.56. The van der Waals surface area contributed by atoms with Crippen molar-refractivity contribution in [3.05, 3.63) is 34.3 Å². The van der Waals surface area contributed by atoms with Crippen LogP contribution in [0.3, 0.4) is 0 Å². The summed E-state index contributed by atoms with van der Waals surface area (Å²) in [6.45, 7) is 1.21. The van der Waals surface area contributed by atoms with Crippen LogP contribution in [0, 0.1) is 0 Å². The quantitative estimate of drug-likeness (QED) is 0.300. The number of hydrogen-bond acceptors (Lipinski definition) is 2. The molecule has 0 aromatic heterocycles. The largest absolute Gasteiger partial charge is 0.370 e. The molecule has 0 bridgehead atoms. The number of rotatable bonds is 6. The van der Waals surface area contributed by atoms with Crippen molar-refractivity contribution < 1.29 is 4.79 Å². The molecule has 5 nitrogen and oxygen atoms in total. The van der Waals surface area contributed by atoms with Crippen molar-refractivity contribution in [2.24, 2.45) is 10.7 Å². The summed E-state index contributed by atoms with van der Waals surface area (Å²) in [6.07, 6.45) is 8.33. The highest BCUT2D eigenvalue weighted by Crippen LogP contribution is 2.16. The van der Waals surface area contributed by atoms with E-state index in [4.69, 9.17) is 5.73 Å². The number of nitrogens with two attached hydrogens (primary N) is 1. The van der Waals surface area contributed by atoms with Crippen molar-refractivity contribution in [2.75, 3.05) is 13.1 Å². The van der Waals surface area contributed by atoms with Gasteiger partial charge in [0, 0.05) is 29.2 Å². The van der Waals surface area contributed by atoms with E-state index in [1.807, 2.05) is 12.1 Å². The van der Waals surface area contributed by atoms with Crippen molar-refractivity contribution in [3.8, 4) is 0 Å². The predicted octanol–water partition coefficient (Wildman–Crippen LogP) is 3.20. The first kappa shape index (κ1) is 18.8. The molecule has 24 heavy (non-hydrogen) atoms. The van der Waals surface area contributed by atoms with Crippen LogP contribution in [0.1, 0.15) is 55.3 Å². The van der Waals surface area contributed by atoms with Gasteiger partial charge in [0.25, 0.3) is 5.91 Å². The summed E-state index contributed by atoms with van der Waals surface area (Å²) in [6, 6.07) is 7.78. The Kier molecular flexibility index (Phi) is 8.08. The van der Waals surface area contributed by atoms with Gasteiger partial charge >= 0.3 is 0 Å². The summed E-state index contributed by atoms with van der Waals surface area (Å²) in [4.78, 5) is 16.3. The van der Waals surface area contributed by atoms with Crippen molar-refractivity contribution in [1.82, 2.24) is 10.6 Å². The fourth-order valence-corrected chi connectivity index (χ4v) is 3.13. The molecule has 0 saturated heterocycles. The van der Waals surface area contributed by atoms with Crippen LogP contribution in [0.5, 0.6) is 0 Å². The van der Waals surface area contributed by atoms with Gasteiger partial charge in [-0.15, -0.1) is 0 Å². The smallest absolute Gasteiger partial charge is 0.251 e. The second kappa shape index (κ2) is 10.3. The predicted molar refractivity (Wildman–Crippen MR) is 102 cm³/mol. The lowest BCUT2D eigenvalue weighted by Gasteiger charge is -2.16. The van der Waals surface area contributed by atoms with Crippen LogP contribution in [-0.4, -0.2) is 31.0 Å². The third-order valence-electron chi connectivity index (χ3n) is 4.22. The molecule has 0 radical (unpaired) electrons. The van der Waals surface area contributed by atoms with E-state index in [1.165, 1.54) is 38.5 Å². The molecule has 1 fully saturated rings. The van der Waals surface area contributed by atoms with E-state index >= 15 is 0 Å². The second-order valence-electron chi connectivity index (χ2n) is 6.22. The summed E-state index contributed by atoms with van der Waals surface area (Å²) in [5.74, 6) is 0.470. The first-order valence-electron chi connectivity index (χ1n) is 8.75. The maximum absolute atomic E-state index is 11.9. The standard InChI is InChI=1S/C18H27BrN4O/c19-15-10-8-14(9-11-15)17(24)21-12-5-13-22-18(20)23-16-6-3-1-2-4-7-16/h8-11,16H,1-7,12-13H2,(H,21,24)(H3,20,22,23). The summed E-state index contributed by atoms with van der Waals surface area (Å²) in [7, 11) is 0. The van der Waals surface area contributed by atoms with Gasteiger partial charge in [0.2, 0.25) is 0 Å². The first-order chi connectivity index (χ1) is 11.6. The van der Waals surface area contributed by atoms with Crippen LogP contribution in [0.15, 0.2) is 33.7 Å². The fraction of sp³-hybridized carbons (Fsp3) is 0.556. The molecule has 2 rings (SSSR count). The first-order valence-corrected chi connectivity index (χ1v) is 9.54. The van der Waals surface area contributed by atoms with Crippen molar-refractivity contribution in [1.29, 1.82) is 0 Å². The maximum atomic E-state index is 11.9. The highest BCUT2D eigenvalue weighted by atomic mass is 79.9. The molecule has 0 aliphatic heterocycles. The van der Waals surface area contributed by atoms with Crippen molar-refractivity contribution in [3.63, 3.8) is 0 Å². The number of nitrogens with zero attached hydrogens (tertiary/aromatic N) is 1. The molecular weight excluding hydrogens is 368 g/mol. The lowest BCUT2D eigenvalue weighted by Crippen LogP contribution is -2.40. The zero-order valence-corrected chi connectivity index (χ0v) is 15.6. The number of carbonyl (C=O) groups excluding carboxylic acids is 1. The second-order valence-corrected chi connectivity index (χ2v) is 7.13. The van der Waals surface area contributed by atoms with Crippen LogP contribution in [-0.2, 0) is 0 Å². The van der Waals surface area contributed by atoms with Gasteiger partial charge < -0.3 is 16.4 Å². The normalized spacial score (nSPS) is 16.5. The van der Waals surface area contributed by atoms with E-state index in [-0.39, 0.29) is 5.91 Å². The van der Waals surface area contributed by atoms with Crippen molar-refractivity contribution in [2.45, 2.75) is 51.0 Å². The van der Waals surface area contributed by atoms with E-state index < -0.39 is 0 Å². The molecule has 1 aromatic rings. The number of benzene rings is 1. The number of hydrogen-bond donors (Lipinski definition) is 3. The van der Waals surface area contributed by atoms with Crippen LogP contribution in [0.4, 0.5) is 0 Å². The molecule has 0 unspecified atom stereocenters. The number of nitrogens with one attached hydrogen (secondary N) is 2. The van der Waals surface area contributed by atoms with E-state index in [1.54, 1.807) is 12.1 Å². The zero-order valence-electron chi connectivity index (χ0n) is 14.1. The number of aliphatic imine (C=N–C) groups is 1. The van der Waals surface area contributed by atoms with Crippen molar-refractivity contribution >= 4 is 27.8 Å². The molecule has 1 aromatic carbocycles. The van der Waals surface area contributed by atoms with E-state index in [2.05, 4.69) is 31.6 Å². The van der Waals surface area contributed by atoms with E-state index in [9.17, 15) is 4.79 Å². The summed E-state index contributed by atoms with van der Waals surface area (Å²) in [5.41, 5.74) is 6.61. The van der Waals surface area contributed by atoms with Gasteiger partial charge in [-0.1, -0.05) is 41.6 Å². The van der Waals surface area contributed by atoms with Gasteiger partial charge in [-0.2, -0.15) is 0 Å². The number of amides is 1. The highest BCUT2D eigenvalue weighted by Gasteiger charge is 2.12. The van der Waals surface area contributed by atoms with E-state index in [0.29, 0.717) is 30.7 Å². The summed E-state index contributed by atoms with van der Waals surface area (Å²) < 4.78 is 0.963. The molecule has 4 N–H and O–H groups in total. The van der Waals surface area contributed by atoms with Crippen LogP contribution in [0.2, 0.25) is 0 Å². The molecule has 1 amide bonds. The van der Waals surface area contributed by atoms with Crippen LogP contribution >= 0.6 is 15.9 Å². The fourth-order valence-electron chi connectivity index (χ4n) is 2.86. The Balaban J connectivity index is 1.62. The van der Waals surface area contributed by atoms with E-state index in [0.717, 1.165) is 10.9 Å². The summed E-state index contributed by atoms with van der Waals surface area (Å²) in [5, 5.41) is 6.22. The van der Waals surface area contributed by atoms with Crippen LogP contribution in [0.25, 0.3) is 0 Å². The molecule has 132 valence electrons. The van der Waals surface area contributed by atoms with Gasteiger partial charge in [0.1, 0.15) is 0 Å². The molecule has 1 saturated carbocycles. The Bertz CT molecular complexity index is 536. The minimum absolute atomic E-state index is 0.0592. The maximum Gasteiger partial charge on any atom is 0.251 e. The summed E-state index contributed by atoms with van der Waals surface area (Å²) >= 11 is 3.36. The Morgan fingerprint density at radius 3 is 2.50 bits per heavy atom. The van der Waals surface area contributed by atoms with Gasteiger partial charge in [0.15, 0.2) is 5.96 Å². The van der Waals surface area contributed by atoms with Crippen LogP contribution < -0.4 is 16.4 Å². The van der Waals surface area contributed by atoms with Gasteiger partial charge in [0.05, 0.1) is 0 Å².